The van der Waals surface area contributed by atoms with Crippen LogP contribution in [0.3, 0.4) is 0 Å². The predicted octanol–water partition coefficient (Wildman–Crippen LogP) is 3.23. The molecule has 0 unspecified atom stereocenters. The Morgan fingerprint density at radius 1 is 1.08 bits per heavy atom. The lowest BCUT2D eigenvalue weighted by Crippen LogP contribution is -2.42. The molecule has 1 N–H and O–H groups in total. The van der Waals surface area contributed by atoms with Gasteiger partial charge in [-0.25, -0.2) is 18.6 Å². The minimum absolute atomic E-state index is 0.0226. The molecule has 1 aliphatic carbocycles. The number of alkyl halides is 2. The average molecular weight is 528 g/mol. The van der Waals surface area contributed by atoms with Crippen LogP contribution in [0.2, 0.25) is 0 Å². The van der Waals surface area contributed by atoms with Crippen LogP contribution in [0.1, 0.15) is 63.5 Å². The lowest BCUT2D eigenvalue weighted by Gasteiger charge is -2.15. The molecule has 0 spiro atoms. The summed E-state index contributed by atoms with van der Waals surface area (Å²) in [6.45, 7) is 2.36. The summed E-state index contributed by atoms with van der Waals surface area (Å²) in [6, 6.07) is 5.33. The third-order valence-electron chi connectivity index (χ3n) is 6.95. The molecule has 5 rings (SSSR count). The number of aryl methyl sites for hydroxylation is 2. The van der Waals surface area contributed by atoms with Gasteiger partial charge in [0.2, 0.25) is 0 Å². The van der Waals surface area contributed by atoms with Gasteiger partial charge in [0.25, 0.3) is 23.4 Å². The predicted molar refractivity (Wildman–Crippen MR) is 133 cm³/mol. The van der Waals surface area contributed by atoms with Gasteiger partial charge in [-0.05, 0) is 56.1 Å². The standard InChI is InChI=1S/C25H27F2N7O4/c1-25(10-11-25)9-6-14-33-18-17(30-20(19(26)27)31-21(18)35)23(36)34(24(33)37)13-5-3-8-16-29-22(38-32-16)15-7-2-4-12-28-15/h2,4,7,12,19H,3,5-6,8-11,13-14H2,1H3,(H,30,31,35). The fraction of sp³-hybridized carbons (Fsp3) is 0.480. The molecule has 4 aromatic heterocycles. The smallest absolute Gasteiger partial charge is 0.331 e. The summed E-state index contributed by atoms with van der Waals surface area (Å²) >= 11 is 0. The number of hydrogen-bond donors (Lipinski definition) is 1. The van der Waals surface area contributed by atoms with E-state index in [2.05, 4.69) is 27.0 Å². The van der Waals surface area contributed by atoms with Crippen LogP contribution in [0.4, 0.5) is 8.78 Å². The van der Waals surface area contributed by atoms with Crippen molar-refractivity contribution in [3.8, 4) is 11.6 Å². The molecule has 0 radical (unpaired) electrons. The molecule has 0 bridgehead atoms. The zero-order valence-corrected chi connectivity index (χ0v) is 20.8. The summed E-state index contributed by atoms with van der Waals surface area (Å²) < 4.78 is 34.0. The molecule has 13 heteroatoms. The fourth-order valence-corrected chi connectivity index (χ4v) is 4.48. The van der Waals surface area contributed by atoms with Crippen LogP contribution in [-0.4, -0.2) is 34.2 Å². The number of fused-ring (bicyclic) bond motifs is 1. The van der Waals surface area contributed by atoms with Crippen molar-refractivity contribution in [1.82, 2.24) is 34.2 Å². The SMILES string of the molecule is CC1(CCCn2c(=O)n(CCCCc3noc(-c4ccccn4)n3)c(=O)c3nc(C(F)F)[nH]c(=O)c32)CC1. The molecule has 1 aliphatic rings. The van der Waals surface area contributed by atoms with E-state index < -0.39 is 34.6 Å². The molecule has 1 fully saturated rings. The van der Waals surface area contributed by atoms with Crippen LogP contribution >= 0.6 is 0 Å². The van der Waals surface area contributed by atoms with E-state index in [0.717, 1.165) is 23.8 Å². The summed E-state index contributed by atoms with van der Waals surface area (Å²) in [7, 11) is 0. The zero-order valence-electron chi connectivity index (χ0n) is 20.8. The lowest BCUT2D eigenvalue weighted by atomic mass is 10.0. The van der Waals surface area contributed by atoms with E-state index in [9.17, 15) is 23.2 Å². The van der Waals surface area contributed by atoms with E-state index in [1.54, 1.807) is 24.4 Å². The van der Waals surface area contributed by atoms with E-state index in [1.165, 1.54) is 4.57 Å². The van der Waals surface area contributed by atoms with Crippen LogP contribution in [-0.2, 0) is 19.5 Å². The summed E-state index contributed by atoms with van der Waals surface area (Å²) in [5.41, 5.74) is -2.36. The van der Waals surface area contributed by atoms with Gasteiger partial charge in [-0.1, -0.05) is 18.1 Å². The number of unbranched alkanes of at least 4 members (excludes halogenated alkanes) is 1. The van der Waals surface area contributed by atoms with Crippen LogP contribution < -0.4 is 16.8 Å². The Bertz CT molecular complexity index is 1620. The maximum absolute atomic E-state index is 13.3. The second-order valence-corrected chi connectivity index (χ2v) is 9.94. The normalized spacial score (nSPS) is 14.4. The second-order valence-electron chi connectivity index (χ2n) is 9.94. The molecule has 0 aromatic carbocycles. The average Bonchev–Trinajstić information content (AvgIpc) is 3.44. The van der Waals surface area contributed by atoms with E-state index in [4.69, 9.17) is 4.52 Å². The second kappa shape index (κ2) is 10.4. The van der Waals surface area contributed by atoms with Crippen molar-refractivity contribution in [3.63, 3.8) is 0 Å². The van der Waals surface area contributed by atoms with Gasteiger partial charge in [0.05, 0.1) is 0 Å². The van der Waals surface area contributed by atoms with Crippen molar-refractivity contribution in [1.29, 1.82) is 0 Å². The molecule has 0 saturated heterocycles. The molecule has 1 saturated carbocycles. The summed E-state index contributed by atoms with van der Waals surface area (Å²) in [4.78, 5) is 53.4. The maximum Gasteiger partial charge on any atom is 0.331 e. The molecule has 4 heterocycles. The summed E-state index contributed by atoms with van der Waals surface area (Å²) in [5, 5.41) is 3.94. The minimum Gasteiger partial charge on any atom is -0.332 e. The molecule has 4 aromatic rings. The molecule has 11 nitrogen and oxygen atoms in total. The van der Waals surface area contributed by atoms with E-state index in [1.807, 2.05) is 4.98 Å². The minimum atomic E-state index is -3.07. The first-order chi connectivity index (χ1) is 18.3. The van der Waals surface area contributed by atoms with Crippen molar-refractivity contribution in [2.24, 2.45) is 5.41 Å². The Kier molecular flexibility index (Phi) is 7.00. The molecule has 38 heavy (non-hydrogen) atoms. The number of H-pyrrole nitrogens is 1. The number of halogens is 2. The van der Waals surface area contributed by atoms with Gasteiger partial charge in [-0.3, -0.25) is 23.7 Å². The number of nitrogens with zero attached hydrogens (tertiary/aromatic N) is 6. The van der Waals surface area contributed by atoms with Crippen molar-refractivity contribution >= 4 is 11.0 Å². The first-order valence-electron chi connectivity index (χ1n) is 12.6. The van der Waals surface area contributed by atoms with Crippen LogP contribution in [0.5, 0.6) is 0 Å². The van der Waals surface area contributed by atoms with E-state index in [-0.39, 0.29) is 24.0 Å². The van der Waals surface area contributed by atoms with Gasteiger partial charge in [0, 0.05) is 25.7 Å². The van der Waals surface area contributed by atoms with Crippen LogP contribution in [0.25, 0.3) is 22.6 Å². The Hall–Kier alpha value is -4.03. The van der Waals surface area contributed by atoms with Gasteiger partial charge < -0.3 is 9.51 Å². The Morgan fingerprint density at radius 3 is 2.58 bits per heavy atom. The lowest BCUT2D eigenvalue weighted by molar-refractivity contribution is 0.140. The van der Waals surface area contributed by atoms with Crippen LogP contribution in [0.15, 0.2) is 43.3 Å². The number of aromatic amines is 1. The van der Waals surface area contributed by atoms with Crippen molar-refractivity contribution < 1.29 is 13.3 Å². The highest BCUT2D eigenvalue weighted by Gasteiger charge is 2.36. The molecule has 200 valence electrons. The molecule has 0 amide bonds. The number of rotatable bonds is 11. The van der Waals surface area contributed by atoms with Gasteiger partial charge >= 0.3 is 5.69 Å². The monoisotopic (exact) mass is 527 g/mol. The van der Waals surface area contributed by atoms with Gasteiger partial charge in [0.1, 0.15) is 11.2 Å². The van der Waals surface area contributed by atoms with Crippen molar-refractivity contribution in [3.05, 3.63) is 67.2 Å². The van der Waals surface area contributed by atoms with Crippen molar-refractivity contribution in [2.75, 3.05) is 0 Å². The van der Waals surface area contributed by atoms with Gasteiger partial charge in [-0.2, -0.15) is 4.98 Å². The Labute approximate surface area is 214 Å². The first-order valence-corrected chi connectivity index (χ1v) is 12.6. The number of aromatic nitrogens is 7. The summed E-state index contributed by atoms with van der Waals surface area (Å²) in [5.74, 6) is -0.152. The summed E-state index contributed by atoms with van der Waals surface area (Å²) in [6.07, 6.45) is 3.57. The van der Waals surface area contributed by atoms with Crippen molar-refractivity contribution in [2.45, 2.75) is 71.4 Å². The Balaban J connectivity index is 1.37. The molecule has 0 aliphatic heterocycles. The number of pyridine rings is 1. The third-order valence-corrected chi connectivity index (χ3v) is 6.95. The van der Waals surface area contributed by atoms with E-state index >= 15 is 0 Å². The first kappa shape index (κ1) is 25.6. The van der Waals surface area contributed by atoms with E-state index in [0.29, 0.717) is 43.1 Å². The largest absolute Gasteiger partial charge is 0.332 e. The molecule has 0 atom stereocenters. The quantitative estimate of drug-likeness (QED) is 0.293. The third kappa shape index (κ3) is 5.31. The van der Waals surface area contributed by atoms with Gasteiger partial charge in [0.15, 0.2) is 17.2 Å². The zero-order chi connectivity index (χ0) is 26.9. The topological polar surface area (TPSA) is 142 Å². The number of nitrogens with one attached hydrogen (secondary N) is 1. The molecular formula is C25H27F2N7O4. The maximum atomic E-state index is 13.3. The fourth-order valence-electron chi connectivity index (χ4n) is 4.48. The highest BCUT2D eigenvalue weighted by Crippen LogP contribution is 2.48. The highest BCUT2D eigenvalue weighted by atomic mass is 19.3. The molecular weight excluding hydrogens is 500 g/mol. The van der Waals surface area contributed by atoms with Crippen LogP contribution in [0, 0.1) is 5.41 Å². The number of hydrogen-bond acceptors (Lipinski definition) is 8. The Morgan fingerprint density at radius 2 is 1.87 bits per heavy atom. The van der Waals surface area contributed by atoms with Gasteiger partial charge in [-0.15, -0.1) is 0 Å². The highest BCUT2D eigenvalue weighted by molar-refractivity contribution is 5.72.